The average molecular weight is 182 g/mol. The van der Waals surface area contributed by atoms with Crippen LogP contribution in [0, 0.1) is 5.92 Å². The highest BCUT2D eigenvalue weighted by Gasteiger charge is 2.25. The molecule has 4 heteroatoms. The highest BCUT2D eigenvalue weighted by atomic mass is 16.5. The molecule has 13 heavy (non-hydrogen) atoms. The van der Waals surface area contributed by atoms with Crippen molar-refractivity contribution in [1.82, 2.24) is 9.78 Å². The van der Waals surface area contributed by atoms with Crippen LogP contribution in [0.25, 0.3) is 0 Å². The normalized spacial score (nSPS) is 24.9. The molecule has 2 unspecified atom stereocenters. The van der Waals surface area contributed by atoms with Gasteiger partial charge in [-0.3, -0.25) is 4.68 Å². The summed E-state index contributed by atoms with van der Waals surface area (Å²) in [5, 5.41) is 13.9. The molecule has 72 valence electrons. The Morgan fingerprint density at radius 3 is 3.15 bits per heavy atom. The summed E-state index contributed by atoms with van der Waals surface area (Å²) in [6.45, 7) is 1.43. The molecule has 0 amide bonds. The number of hydrogen-bond acceptors (Lipinski definition) is 3. The minimum absolute atomic E-state index is 0.240. The molecule has 2 atom stereocenters. The van der Waals surface area contributed by atoms with Crippen molar-refractivity contribution in [2.24, 2.45) is 13.0 Å². The number of aryl methyl sites for hydroxylation is 1. The number of aromatic nitrogens is 2. The molecule has 2 rings (SSSR count). The Hall–Kier alpha value is -0.870. The lowest BCUT2D eigenvalue weighted by molar-refractivity contribution is 0.0917. The van der Waals surface area contributed by atoms with Gasteiger partial charge >= 0.3 is 0 Å². The summed E-state index contributed by atoms with van der Waals surface area (Å²) in [5.74, 6) is 0.240. The molecule has 0 saturated carbocycles. The molecule has 1 aliphatic rings. The zero-order valence-electron chi connectivity index (χ0n) is 7.68. The molecule has 1 saturated heterocycles. The second-order valence-electron chi connectivity index (χ2n) is 3.52. The first kappa shape index (κ1) is 8.72. The van der Waals surface area contributed by atoms with E-state index in [1.165, 1.54) is 0 Å². The van der Waals surface area contributed by atoms with Crippen molar-refractivity contribution in [2.45, 2.75) is 12.5 Å². The van der Waals surface area contributed by atoms with Crippen molar-refractivity contribution >= 4 is 0 Å². The van der Waals surface area contributed by atoms with Gasteiger partial charge in [0.1, 0.15) is 0 Å². The van der Waals surface area contributed by atoms with Gasteiger partial charge in [0, 0.05) is 31.3 Å². The van der Waals surface area contributed by atoms with Crippen LogP contribution in [0.4, 0.5) is 0 Å². The van der Waals surface area contributed by atoms with Gasteiger partial charge in [0.15, 0.2) is 0 Å². The predicted molar refractivity (Wildman–Crippen MR) is 47.1 cm³/mol. The van der Waals surface area contributed by atoms with E-state index in [4.69, 9.17) is 4.74 Å². The van der Waals surface area contributed by atoms with Gasteiger partial charge in [-0.25, -0.2) is 0 Å². The molecule has 0 spiro atoms. The van der Waals surface area contributed by atoms with E-state index in [0.717, 1.165) is 18.6 Å². The van der Waals surface area contributed by atoms with Crippen LogP contribution < -0.4 is 0 Å². The van der Waals surface area contributed by atoms with Gasteiger partial charge in [0.25, 0.3) is 0 Å². The van der Waals surface area contributed by atoms with E-state index in [2.05, 4.69) is 5.10 Å². The standard InChI is InChI=1S/C9H14N2O2/c1-11-5-8(4-10-11)9(12)7-2-3-13-6-7/h4-5,7,9,12H,2-3,6H2,1H3. The third kappa shape index (κ3) is 1.73. The van der Waals surface area contributed by atoms with Crippen LogP contribution in [0.15, 0.2) is 12.4 Å². The average Bonchev–Trinajstić information content (AvgIpc) is 2.72. The molecule has 1 aliphatic heterocycles. The third-order valence-corrected chi connectivity index (χ3v) is 2.48. The van der Waals surface area contributed by atoms with Crippen LogP contribution in [0.1, 0.15) is 18.1 Å². The van der Waals surface area contributed by atoms with Crippen LogP contribution in [0.5, 0.6) is 0 Å². The Balaban J connectivity index is 2.07. The largest absolute Gasteiger partial charge is 0.388 e. The molecule has 0 radical (unpaired) electrons. The Morgan fingerprint density at radius 2 is 2.62 bits per heavy atom. The Bertz CT molecular complexity index is 279. The quantitative estimate of drug-likeness (QED) is 0.724. The summed E-state index contributed by atoms with van der Waals surface area (Å²) in [6.07, 6.45) is 4.08. The summed E-state index contributed by atoms with van der Waals surface area (Å²) >= 11 is 0. The number of nitrogens with zero attached hydrogens (tertiary/aromatic N) is 2. The number of aliphatic hydroxyl groups excluding tert-OH is 1. The van der Waals surface area contributed by atoms with Crippen LogP contribution in [0.3, 0.4) is 0 Å². The summed E-state index contributed by atoms with van der Waals surface area (Å²) < 4.78 is 6.92. The van der Waals surface area contributed by atoms with Gasteiger partial charge in [-0.15, -0.1) is 0 Å². The lowest BCUT2D eigenvalue weighted by atomic mass is 9.98. The van der Waals surface area contributed by atoms with Crippen molar-refractivity contribution in [1.29, 1.82) is 0 Å². The maximum atomic E-state index is 9.90. The predicted octanol–water partition coefficient (Wildman–Crippen LogP) is 0.490. The molecule has 0 aromatic carbocycles. The lowest BCUT2D eigenvalue weighted by Gasteiger charge is -2.13. The van der Waals surface area contributed by atoms with Gasteiger partial charge in [0.2, 0.25) is 0 Å². The van der Waals surface area contributed by atoms with Gasteiger partial charge in [-0.2, -0.15) is 5.10 Å². The van der Waals surface area contributed by atoms with Gasteiger partial charge in [0.05, 0.1) is 18.9 Å². The van der Waals surface area contributed by atoms with Crippen LogP contribution in [-0.4, -0.2) is 28.1 Å². The lowest BCUT2D eigenvalue weighted by Crippen LogP contribution is -2.11. The van der Waals surface area contributed by atoms with E-state index in [1.54, 1.807) is 10.9 Å². The van der Waals surface area contributed by atoms with E-state index in [-0.39, 0.29) is 5.92 Å². The summed E-state index contributed by atoms with van der Waals surface area (Å²) in [7, 11) is 1.85. The Kier molecular flexibility index (Phi) is 2.33. The van der Waals surface area contributed by atoms with E-state index in [0.29, 0.717) is 6.61 Å². The molecule has 2 heterocycles. The fourth-order valence-corrected chi connectivity index (χ4v) is 1.67. The van der Waals surface area contributed by atoms with E-state index in [9.17, 15) is 5.11 Å². The molecular weight excluding hydrogens is 168 g/mol. The molecule has 1 aromatic heterocycles. The van der Waals surface area contributed by atoms with Crippen LogP contribution >= 0.6 is 0 Å². The SMILES string of the molecule is Cn1cc(C(O)C2CCOC2)cn1. The zero-order valence-corrected chi connectivity index (χ0v) is 7.68. The fourth-order valence-electron chi connectivity index (χ4n) is 1.67. The summed E-state index contributed by atoms with van der Waals surface area (Å²) in [4.78, 5) is 0. The second kappa shape index (κ2) is 3.47. The maximum Gasteiger partial charge on any atom is 0.0871 e. The number of ether oxygens (including phenoxy) is 1. The minimum atomic E-state index is -0.420. The Labute approximate surface area is 77.1 Å². The van der Waals surface area contributed by atoms with Crippen molar-refractivity contribution in [3.05, 3.63) is 18.0 Å². The number of aliphatic hydroxyl groups is 1. The highest BCUT2D eigenvalue weighted by Crippen LogP contribution is 2.27. The Morgan fingerprint density at radius 1 is 1.77 bits per heavy atom. The zero-order chi connectivity index (χ0) is 9.26. The first-order chi connectivity index (χ1) is 6.27. The molecule has 1 N–H and O–H groups in total. The topological polar surface area (TPSA) is 47.3 Å². The number of rotatable bonds is 2. The minimum Gasteiger partial charge on any atom is -0.388 e. The fraction of sp³-hybridized carbons (Fsp3) is 0.667. The van der Waals surface area contributed by atoms with E-state index < -0.39 is 6.10 Å². The molecule has 4 nitrogen and oxygen atoms in total. The highest BCUT2D eigenvalue weighted by molar-refractivity contribution is 5.09. The molecule has 0 bridgehead atoms. The van der Waals surface area contributed by atoms with E-state index >= 15 is 0 Å². The van der Waals surface area contributed by atoms with Gasteiger partial charge in [-0.05, 0) is 6.42 Å². The third-order valence-electron chi connectivity index (χ3n) is 2.48. The second-order valence-corrected chi connectivity index (χ2v) is 3.52. The smallest absolute Gasteiger partial charge is 0.0871 e. The van der Waals surface area contributed by atoms with Crippen molar-refractivity contribution < 1.29 is 9.84 Å². The van der Waals surface area contributed by atoms with Gasteiger partial charge in [-0.1, -0.05) is 0 Å². The molecule has 1 fully saturated rings. The first-order valence-electron chi connectivity index (χ1n) is 4.52. The van der Waals surface area contributed by atoms with Crippen molar-refractivity contribution in [3.63, 3.8) is 0 Å². The van der Waals surface area contributed by atoms with E-state index in [1.807, 2.05) is 13.2 Å². The number of hydrogen-bond donors (Lipinski definition) is 1. The molecular formula is C9H14N2O2. The van der Waals surface area contributed by atoms with Crippen LogP contribution in [0.2, 0.25) is 0 Å². The maximum absolute atomic E-state index is 9.90. The van der Waals surface area contributed by atoms with Crippen LogP contribution in [-0.2, 0) is 11.8 Å². The molecule has 0 aliphatic carbocycles. The van der Waals surface area contributed by atoms with Crippen molar-refractivity contribution in [2.75, 3.05) is 13.2 Å². The molecule has 1 aromatic rings. The van der Waals surface area contributed by atoms with Gasteiger partial charge < -0.3 is 9.84 Å². The van der Waals surface area contributed by atoms with Crippen molar-refractivity contribution in [3.8, 4) is 0 Å². The first-order valence-corrected chi connectivity index (χ1v) is 4.52. The monoisotopic (exact) mass is 182 g/mol. The summed E-state index contributed by atoms with van der Waals surface area (Å²) in [5.41, 5.74) is 0.887. The summed E-state index contributed by atoms with van der Waals surface area (Å²) in [6, 6.07) is 0.